The van der Waals surface area contributed by atoms with E-state index >= 15 is 0 Å². The van der Waals surface area contributed by atoms with E-state index in [-0.39, 0.29) is 0 Å². The van der Waals surface area contributed by atoms with Crippen molar-refractivity contribution in [3.05, 3.63) is 41.3 Å². The number of hydrogen-bond donors (Lipinski definition) is 1. The third-order valence-electron chi connectivity index (χ3n) is 2.15. The standard InChI is InChI=1S/C12H12N2S2/c1-2-16-10-5-3-9(4-6-10)11-7-8-13-12(15)14-11/h3-8H,2H2,1H3,(H,13,14,15). The molecular weight excluding hydrogens is 236 g/mol. The summed E-state index contributed by atoms with van der Waals surface area (Å²) >= 11 is 6.84. The maximum Gasteiger partial charge on any atom is 0.197 e. The van der Waals surface area contributed by atoms with Gasteiger partial charge >= 0.3 is 0 Å². The summed E-state index contributed by atoms with van der Waals surface area (Å²) in [5.74, 6) is 1.09. The lowest BCUT2D eigenvalue weighted by molar-refractivity contribution is 1.14. The predicted octanol–water partition coefficient (Wildman–Crippen LogP) is 3.92. The molecule has 1 heterocycles. The van der Waals surface area contributed by atoms with Crippen molar-refractivity contribution in [2.24, 2.45) is 0 Å². The van der Waals surface area contributed by atoms with E-state index in [1.165, 1.54) is 4.90 Å². The van der Waals surface area contributed by atoms with Crippen molar-refractivity contribution in [2.75, 3.05) is 5.75 Å². The Kier molecular flexibility index (Phi) is 3.74. The van der Waals surface area contributed by atoms with Crippen LogP contribution in [0.3, 0.4) is 0 Å². The van der Waals surface area contributed by atoms with Crippen molar-refractivity contribution in [2.45, 2.75) is 11.8 Å². The van der Waals surface area contributed by atoms with Crippen molar-refractivity contribution >= 4 is 24.0 Å². The summed E-state index contributed by atoms with van der Waals surface area (Å²) in [6.07, 6.45) is 1.73. The summed E-state index contributed by atoms with van der Waals surface area (Å²) < 4.78 is 0.518. The van der Waals surface area contributed by atoms with Crippen molar-refractivity contribution in [3.63, 3.8) is 0 Å². The molecule has 1 N–H and O–H groups in total. The van der Waals surface area contributed by atoms with Gasteiger partial charge in [0.1, 0.15) is 0 Å². The lowest BCUT2D eigenvalue weighted by Crippen LogP contribution is -1.85. The minimum absolute atomic E-state index is 0.518. The molecule has 0 saturated carbocycles. The van der Waals surface area contributed by atoms with Gasteiger partial charge in [-0.25, -0.2) is 4.98 Å². The Morgan fingerprint density at radius 1 is 1.25 bits per heavy atom. The largest absolute Gasteiger partial charge is 0.330 e. The Bertz CT molecular complexity index is 517. The lowest BCUT2D eigenvalue weighted by Gasteiger charge is -2.03. The second-order valence-electron chi connectivity index (χ2n) is 3.25. The third-order valence-corrected chi connectivity index (χ3v) is 3.25. The molecule has 82 valence electrons. The van der Waals surface area contributed by atoms with Crippen molar-refractivity contribution in [3.8, 4) is 11.3 Å². The highest BCUT2D eigenvalue weighted by molar-refractivity contribution is 7.99. The number of benzene rings is 1. The molecule has 2 nitrogen and oxygen atoms in total. The molecule has 0 aliphatic rings. The lowest BCUT2D eigenvalue weighted by atomic mass is 10.1. The average molecular weight is 248 g/mol. The number of H-pyrrole nitrogens is 1. The SMILES string of the molecule is CCSc1ccc(-c2ccnc(=S)[nH]2)cc1. The molecule has 0 saturated heterocycles. The molecule has 0 radical (unpaired) electrons. The van der Waals surface area contributed by atoms with Gasteiger partial charge in [0.15, 0.2) is 4.77 Å². The van der Waals surface area contributed by atoms with Crippen LogP contribution in [-0.4, -0.2) is 15.7 Å². The van der Waals surface area contributed by atoms with E-state index in [1.54, 1.807) is 6.20 Å². The Morgan fingerprint density at radius 2 is 2.00 bits per heavy atom. The van der Waals surface area contributed by atoms with E-state index in [0.717, 1.165) is 17.0 Å². The van der Waals surface area contributed by atoms with Crippen LogP contribution in [0.25, 0.3) is 11.3 Å². The molecular formula is C12H12N2S2. The summed E-state index contributed by atoms with van der Waals surface area (Å²) in [6.45, 7) is 2.15. The molecule has 2 aromatic rings. The Labute approximate surface area is 104 Å². The molecule has 16 heavy (non-hydrogen) atoms. The van der Waals surface area contributed by atoms with Crippen LogP contribution in [0, 0.1) is 4.77 Å². The van der Waals surface area contributed by atoms with Crippen LogP contribution < -0.4 is 0 Å². The Balaban J connectivity index is 2.31. The molecule has 0 atom stereocenters. The first-order chi connectivity index (χ1) is 7.79. The van der Waals surface area contributed by atoms with Crippen LogP contribution >= 0.6 is 24.0 Å². The molecule has 0 unspecified atom stereocenters. The van der Waals surface area contributed by atoms with E-state index < -0.39 is 0 Å². The summed E-state index contributed by atoms with van der Waals surface area (Å²) in [5, 5.41) is 0. The van der Waals surface area contributed by atoms with Gasteiger partial charge in [0.25, 0.3) is 0 Å². The third kappa shape index (κ3) is 2.71. The fraction of sp³-hybridized carbons (Fsp3) is 0.167. The van der Waals surface area contributed by atoms with Gasteiger partial charge in [-0.1, -0.05) is 19.1 Å². The maximum atomic E-state index is 5.00. The van der Waals surface area contributed by atoms with Gasteiger partial charge in [0, 0.05) is 16.8 Å². The smallest absolute Gasteiger partial charge is 0.197 e. The summed E-state index contributed by atoms with van der Waals surface area (Å²) in [7, 11) is 0. The number of aromatic amines is 1. The van der Waals surface area contributed by atoms with E-state index in [4.69, 9.17) is 12.2 Å². The number of thioether (sulfide) groups is 1. The Morgan fingerprint density at radius 3 is 2.62 bits per heavy atom. The van der Waals surface area contributed by atoms with Crippen molar-refractivity contribution in [1.82, 2.24) is 9.97 Å². The summed E-state index contributed by atoms with van der Waals surface area (Å²) in [5.41, 5.74) is 2.14. The van der Waals surface area contributed by atoms with E-state index in [1.807, 2.05) is 17.8 Å². The number of nitrogens with one attached hydrogen (secondary N) is 1. The van der Waals surface area contributed by atoms with E-state index in [9.17, 15) is 0 Å². The number of aromatic nitrogens is 2. The van der Waals surface area contributed by atoms with Gasteiger partial charge in [-0.2, -0.15) is 0 Å². The first-order valence-corrected chi connectivity index (χ1v) is 6.47. The predicted molar refractivity (Wildman–Crippen MR) is 71.3 cm³/mol. The van der Waals surface area contributed by atoms with Gasteiger partial charge in [0.2, 0.25) is 0 Å². The second kappa shape index (κ2) is 5.27. The van der Waals surface area contributed by atoms with Crippen molar-refractivity contribution in [1.29, 1.82) is 0 Å². The van der Waals surface area contributed by atoms with Gasteiger partial charge < -0.3 is 4.98 Å². The van der Waals surface area contributed by atoms with Crippen LogP contribution in [0.4, 0.5) is 0 Å². The number of nitrogens with zero attached hydrogens (tertiary/aromatic N) is 1. The molecule has 1 aromatic carbocycles. The van der Waals surface area contributed by atoms with Crippen LogP contribution in [0.2, 0.25) is 0 Å². The normalized spacial score (nSPS) is 10.3. The van der Waals surface area contributed by atoms with Crippen LogP contribution in [0.5, 0.6) is 0 Å². The highest BCUT2D eigenvalue weighted by atomic mass is 32.2. The van der Waals surface area contributed by atoms with E-state index in [2.05, 4.69) is 41.2 Å². The zero-order valence-corrected chi connectivity index (χ0v) is 10.6. The number of hydrogen-bond acceptors (Lipinski definition) is 3. The molecule has 4 heteroatoms. The highest BCUT2D eigenvalue weighted by Crippen LogP contribution is 2.22. The zero-order chi connectivity index (χ0) is 11.4. The topological polar surface area (TPSA) is 28.7 Å². The average Bonchev–Trinajstić information content (AvgIpc) is 2.30. The van der Waals surface area contributed by atoms with Crippen LogP contribution in [0.1, 0.15) is 6.92 Å². The summed E-state index contributed by atoms with van der Waals surface area (Å²) in [4.78, 5) is 8.33. The van der Waals surface area contributed by atoms with Gasteiger partial charge in [0.05, 0.1) is 0 Å². The summed E-state index contributed by atoms with van der Waals surface area (Å²) in [6, 6.07) is 10.4. The Hall–Kier alpha value is -1.13. The molecule has 0 fully saturated rings. The molecule has 0 amide bonds. The fourth-order valence-electron chi connectivity index (χ4n) is 1.43. The van der Waals surface area contributed by atoms with Gasteiger partial charge in [-0.3, -0.25) is 0 Å². The van der Waals surface area contributed by atoms with Gasteiger partial charge in [-0.05, 0) is 41.7 Å². The first kappa shape index (κ1) is 11.4. The monoisotopic (exact) mass is 248 g/mol. The van der Waals surface area contributed by atoms with E-state index in [0.29, 0.717) is 4.77 Å². The number of rotatable bonds is 3. The molecule has 0 aliphatic carbocycles. The molecule has 0 spiro atoms. The minimum Gasteiger partial charge on any atom is -0.330 e. The quantitative estimate of drug-likeness (QED) is 0.659. The molecule has 0 bridgehead atoms. The molecule has 2 rings (SSSR count). The second-order valence-corrected chi connectivity index (χ2v) is 4.97. The van der Waals surface area contributed by atoms with Gasteiger partial charge in [-0.15, -0.1) is 11.8 Å². The van der Waals surface area contributed by atoms with Crippen LogP contribution in [-0.2, 0) is 0 Å². The molecule has 0 aliphatic heterocycles. The van der Waals surface area contributed by atoms with Crippen molar-refractivity contribution < 1.29 is 0 Å². The minimum atomic E-state index is 0.518. The highest BCUT2D eigenvalue weighted by Gasteiger charge is 1.98. The first-order valence-electron chi connectivity index (χ1n) is 5.08. The maximum absolute atomic E-state index is 5.00. The zero-order valence-electron chi connectivity index (χ0n) is 8.93. The van der Waals surface area contributed by atoms with Crippen LogP contribution in [0.15, 0.2) is 41.4 Å². The fourth-order valence-corrected chi connectivity index (χ4v) is 2.27. The molecule has 1 aromatic heterocycles.